The fourth-order valence-corrected chi connectivity index (χ4v) is 3.00. The van der Waals surface area contributed by atoms with E-state index in [-0.39, 0.29) is 11.2 Å². The summed E-state index contributed by atoms with van der Waals surface area (Å²) in [4.78, 5) is 0. The van der Waals surface area contributed by atoms with Crippen LogP contribution in [0.3, 0.4) is 0 Å². The molecule has 5 nitrogen and oxygen atoms in total. The molecule has 2 aliphatic rings. The van der Waals surface area contributed by atoms with Crippen LogP contribution in [0.25, 0.3) is 0 Å². The highest BCUT2D eigenvalue weighted by Gasteiger charge is 2.43. The Kier molecular flexibility index (Phi) is 2.10. The highest BCUT2D eigenvalue weighted by molar-refractivity contribution is 8.13. The van der Waals surface area contributed by atoms with Crippen molar-refractivity contribution in [1.29, 1.82) is 0 Å². The van der Waals surface area contributed by atoms with Crippen LogP contribution in [-0.4, -0.2) is 23.2 Å². The van der Waals surface area contributed by atoms with Crippen molar-refractivity contribution >= 4 is 19.7 Å². The Morgan fingerprint density at radius 3 is 2.44 bits per heavy atom. The monoisotopic (exact) mass is 261 g/mol. The maximum atomic E-state index is 11.4. The Hall–Kier alpha value is -0.620. The Bertz CT molecular complexity index is 535. The van der Waals surface area contributed by atoms with E-state index in [1.165, 1.54) is 0 Å². The zero-order valence-corrected chi connectivity index (χ0v) is 10.4. The van der Waals surface area contributed by atoms with Gasteiger partial charge in [0.15, 0.2) is 0 Å². The molecule has 2 aliphatic carbocycles. The smallest absolute Gasteiger partial charge is 0.296 e. The second-order valence-electron chi connectivity index (χ2n) is 4.70. The number of hydrogen-bond donors (Lipinski definition) is 0. The Morgan fingerprint density at radius 1 is 1.38 bits per heavy atom. The van der Waals surface area contributed by atoms with Gasteiger partial charge < -0.3 is 0 Å². The molecule has 88 valence electrons. The van der Waals surface area contributed by atoms with Crippen LogP contribution in [0.4, 0.5) is 0 Å². The van der Waals surface area contributed by atoms with Crippen LogP contribution >= 0.6 is 10.7 Å². The first kappa shape index (κ1) is 10.5. The Morgan fingerprint density at radius 2 is 2.00 bits per heavy atom. The zero-order chi connectivity index (χ0) is 11.5. The molecule has 2 saturated carbocycles. The molecule has 0 spiro atoms. The SMILES string of the molecule is CC1CC1c1nnc(S(=O)(=O)Cl)n1C1CC1. The summed E-state index contributed by atoms with van der Waals surface area (Å²) < 4.78 is 24.5. The van der Waals surface area contributed by atoms with E-state index in [0.717, 1.165) is 25.1 Å². The first-order valence-corrected chi connectivity index (χ1v) is 7.69. The lowest BCUT2D eigenvalue weighted by Crippen LogP contribution is -2.07. The molecule has 16 heavy (non-hydrogen) atoms. The third-order valence-corrected chi connectivity index (χ3v) is 4.39. The minimum Gasteiger partial charge on any atom is -0.297 e. The van der Waals surface area contributed by atoms with Crippen molar-refractivity contribution in [2.45, 2.75) is 43.3 Å². The molecule has 0 aliphatic heterocycles. The number of nitrogens with zero attached hydrogens (tertiary/aromatic N) is 3. The van der Waals surface area contributed by atoms with E-state index >= 15 is 0 Å². The number of halogens is 1. The lowest BCUT2D eigenvalue weighted by atomic mass is 10.3. The van der Waals surface area contributed by atoms with Crippen molar-refractivity contribution in [3.8, 4) is 0 Å². The molecular formula is C9H12ClN3O2S. The molecule has 1 aromatic heterocycles. The van der Waals surface area contributed by atoms with Gasteiger partial charge in [0.05, 0.1) is 0 Å². The van der Waals surface area contributed by atoms with Crippen LogP contribution < -0.4 is 0 Å². The molecule has 1 aromatic rings. The van der Waals surface area contributed by atoms with Crippen LogP contribution in [0, 0.1) is 5.92 Å². The van der Waals surface area contributed by atoms with Gasteiger partial charge in [-0.1, -0.05) is 6.92 Å². The van der Waals surface area contributed by atoms with Crippen molar-refractivity contribution in [2.75, 3.05) is 0 Å². The van der Waals surface area contributed by atoms with Gasteiger partial charge in [0.1, 0.15) is 5.82 Å². The molecule has 3 rings (SSSR count). The maximum absolute atomic E-state index is 11.4. The summed E-state index contributed by atoms with van der Waals surface area (Å²) in [6.07, 6.45) is 3.05. The van der Waals surface area contributed by atoms with E-state index in [9.17, 15) is 8.42 Å². The van der Waals surface area contributed by atoms with Gasteiger partial charge in [0, 0.05) is 22.6 Å². The van der Waals surface area contributed by atoms with Crippen molar-refractivity contribution in [2.24, 2.45) is 5.92 Å². The molecule has 0 amide bonds. The molecule has 0 N–H and O–H groups in total. The minimum absolute atomic E-state index is 0.0780. The lowest BCUT2D eigenvalue weighted by molar-refractivity contribution is 0.567. The molecule has 0 aromatic carbocycles. The van der Waals surface area contributed by atoms with Gasteiger partial charge in [-0.15, -0.1) is 10.2 Å². The highest BCUT2D eigenvalue weighted by Crippen LogP contribution is 2.49. The normalized spacial score (nSPS) is 29.4. The van der Waals surface area contributed by atoms with Crippen LogP contribution in [0.1, 0.15) is 44.0 Å². The zero-order valence-electron chi connectivity index (χ0n) is 8.80. The fraction of sp³-hybridized carbons (Fsp3) is 0.778. The molecule has 1 heterocycles. The van der Waals surface area contributed by atoms with E-state index in [1.807, 2.05) is 0 Å². The topological polar surface area (TPSA) is 64.8 Å². The molecule has 2 unspecified atom stereocenters. The summed E-state index contributed by atoms with van der Waals surface area (Å²) in [6.45, 7) is 2.13. The van der Waals surface area contributed by atoms with Gasteiger partial charge >= 0.3 is 0 Å². The van der Waals surface area contributed by atoms with Gasteiger partial charge in [-0.25, -0.2) is 8.42 Å². The second kappa shape index (κ2) is 3.20. The largest absolute Gasteiger partial charge is 0.297 e. The third kappa shape index (κ3) is 1.64. The predicted octanol–water partition coefficient (Wildman–Crippen LogP) is 1.66. The highest BCUT2D eigenvalue weighted by atomic mass is 35.7. The van der Waals surface area contributed by atoms with E-state index in [1.54, 1.807) is 4.57 Å². The predicted molar refractivity (Wildman–Crippen MR) is 57.9 cm³/mol. The van der Waals surface area contributed by atoms with Crippen LogP contribution in [0.2, 0.25) is 0 Å². The van der Waals surface area contributed by atoms with Crippen LogP contribution in [0.5, 0.6) is 0 Å². The summed E-state index contributed by atoms with van der Waals surface area (Å²) in [5.41, 5.74) is 0. The van der Waals surface area contributed by atoms with E-state index < -0.39 is 9.05 Å². The average molecular weight is 262 g/mol. The molecule has 0 bridgehead atoms. The molecule has 2 fully saturated rings. The van der Waals surface area contributed by atoms with Gasteiger partial charge in [0.25, 0.3) is 14.2 Å². The van der Waals surface area contributed by atoms with Crippen molar-refractivity contribution in [1.82, 2.24) is 14.8 Å². The molecule has 0 saturated heterocycles. The van der Waals surface area contributed by atoms with Crippen molar-refractivity contribution < 1.29 is 8.42 Å². The van der Waals surface area contributed by atoms with E-state index in [0.29, 0.717) is 11.8 Å². The first-order valence-electron chi connectivity index (χ1n) is 5.38. The quantitative estimate of drug-likeness (QED) is 0.777. The van der Waals surface area contributed by atoms with E-state index in [4.69, 9.17) is 10.7 Å². The standard InChI is InChI=1S/C9H12ClN3O2S/c1-5-4-7(5)8-11-12-9(16(10,14)15)13(8)6-2-3-6/h5-7H,2-4H2,1H3. The van der Waals surface area contributed by atoms with Crippen molar-refractivity contribution in [3.63, 3.8) is 0 Å². The maximum Gasteiger partial charge on any atom is 0.296 e. The summed E-state index contributed by atoms with van der Waals surface area (Å²) in [5.74, 6) is 1.74. The Balaban J connectivity index is 2.10. The summed E-state index contributed by atoms with van der Waals surface area (Å²) in [6, 6.07) is 0.237. The minimum atomic E-state index is -3.78. The first-order chi connectivity index (χ1) is 7.48. The third-order valence-electron chi connectivity index (χ3n) is 3.26. The molecule has 0 radical (unpaired) electrons. The summed E-state index contributed by atoms with van der Waals surface area (Å²) in [5, 5.41) is 7.67. The number of aromatic nitrogens is 3. The summed E-state index contributed by atoms with van der Waals surface area (Å²) in [7, 11) is 1.58. The van der Waals surface area contributed by atoms with Gasteiger partial charge in [-0.05, 0) is 25.2 Å². The molecule has 7 heteroatoms. The van der Waals surface area contributed by atoms with Crippen molar-refractivity contribution in [3.05, 3.63) is 5.82 Å². The number of hydrogen-bond acceptors (Lipinski definition) is 4. The van der Waals surface area contributed by atoms with E-state index in [2.05, 4.69) is 17.1 Å². The molecular weight excluding hydrogens is 250 g/mol. The summed E-state index contributed by atoms with van der Waals surface area (Å²) >= 11 is 0. The second-order valence-corrected chi connectivity index (χ2v) is 7.16. The van der Waals surface area contributed by atoms with Gasteiger partial charge in [0.2, 0.25) is 0 Å². The van der Waals surface area contributed by atoms with Crippen LogP contribution in [-0.2, 0) is 9.05 Å². The fourth-order valence-electron chi connectivity index (χ4n) is 2.07. The lowest BCUT2D eigenvalue weighted by Gasteiger charge is -2.05. The average Bonchev–Trinajstić information content (AvgIpc) is 3.07. The number of rotatable bonds is 3. The van der Waals surface area contributed by atoms with Gasteiger partial charge in [-0.3, -0.25) is 4.57 Å². The van der Waals surface area contributed by atoms with Crippen LogP contribution in [0.15, 0.2) is 5.16 Å². The Labute approximate surface area is 98.2 Å². The molecule has 2 atom stereocenters. The van der Waals surface area contributed by atoms with Gasteiger partial charge in [-0.2, -0.15) is 0 Å².